The summed E-state index contributed by atoms with van der Waals surface area (Å²) < 4.78 is 13.0. The molecule has 0 radical (unpaired) electrons. The van der Waals surface area contributed by atoms with Crippen LogP contribution >= 0.6 is 0 Å². The summed E-state index contributed by atoms with van der Waals surface area (Å²) in [5.74, 6) is 0.523. The summed E-state index contributed by atoms with van der Waals surface area (Å²) >= 11 is 0. The zero-order valence-corrected chi connectivity index (χ0v) is 11.2. The number of aromatic amines is 1. The van der Waals surface area contributed by atoms with E-state index in [-0.39, 0.29) is 11.7 Å². The molecule has 0 unspecified atom stereocenters. The zero-order valence-electron chi connectivity index (χ0n) is 11.2. The van der Waals surface area contributed by atoms with Crippen LogP contribution in [0.4, 0.5) is 4.39 Å². The van der Waals surface area contributed by atoms with Crippen LogP contribution in [0.25, 0.3) is 11.0 Å². The third-order valence-electron chi connectivity index (χ3n) is 4.24. The number of nitrogens with one attached hydrogen (secondary N) is 1. The van der Waals surface area contributed by atoms with E-state index in [0.717, 1.165) is 23.0 Å². The predicted octanol–water partition coefficient (Wildman–Crippen LogP) is 3.65. The van der Waals surface area contributed by atoms with Crippen LogP contribution in [0.15, 0.2) is 48.5 Å². The number of hydrogen-bond acceptors (Lipinski definition) is 2. The molecule has 4 heteroatoms. The van der Waals surface area contributed by atoms with Crippen LogP contribution in [0.3, 0.4) is 0 Å². The van der Waals surface area contributed by atoms with Gasteiger partial charge in [-0.05, 0) is 36.2 Å². The van der Waals surface area contributed by atoms with E-state index in [1.807, 2.05) is 24.3 Å². The van der Waals surface area contributed by atoms with Gasteiger partial charge in [0.05, 0.1) is 17.1 Å². The summed E-state index contributed by atoms with van der Waals surface area (Å²) in [5.41, 5.74) is 2.17. The first-order valence-corrected chi connectivity index (χ1v) is 6.85. The quantitative estimate of drug-likeness (QED) is 0.777. The first-order valence-electron chi connectivity index (χ1n) is 6.85. The second-order valence-corrected chi connectivity index (χ2v) is 5.49. The lowest BCUT2D eigenvalue weighted by molar-refractivity contribution is 0.626. The number of fused-ring (bicyclic) bond motifs is 1. The summed E-state index contributed by atoms with van der Waals surface area (Å²) in [6, 6.07) is 16.5. The molecule has 0 bridgehead atoms. The summed E-state index contributed by atoms with van der Waals surface area (Å²) in [6.07, 6.45) is 0.717. The van der Waals surface area contributed by atoms with Gasteiger partial charge in [-0.15, -0.1) is 0 Å². The molecule has 2 atom stereocenters. The minimum Gasteiger partial charge on any atom is -0.341 e. The van der Waals surface area contributed by atoms with Crippen molar-refractivity contribution in [1.82, 2.24) is 9.97 Å². The largest absolute Gasteiger partial charge is 0.341 e. The minimum atomic E-state index is -0.614. The summed E-state index contributed by atoms with van der Waals surface area (Å²) in [7, 11) is 0. The lowest BCUT2D eigenvalue weighted by atomic mass is 10.00. The predicted molar refractivity (Wildman–Crippen MR) is 77.1 cm³/mol. The van der Waals surface area contributed by atoms with E-state index in [0.29, 0.717) is 5.82 Å². The normalized spacial score (nSPS) is 23.9. The van der Waals surface area contributed by atoms with E-state index in [4.69, 9.17) is 0 Å². The number of hydrogen-bond donors (Lipinski definition) is 1. The second kappa shape index (κ2) is 4.16. The van der Waals surface area contributed by atoms with Gasteiger partial charge in [-0.1, -0.05) is 24.3 Å². The molecule has 1 saturated carbocycles. The molecule has 1 aliphatic rings. The van der Waals surface area contributed by atoms with E-state index < -0.39 is 5.41 Å². The highest BCUT2D eigenvalue weighted by Crippen LogP contribution is 2.59. The Labute approximate surface area is 121 Å². The van der Waals surface area contributed by atoms with E-state index in [9.17, 15) is 9.65 Å². The molecule has 3 aromatic rings. The zero-order chi connectivity index (χ0) is 14.4. The molecule has 102 valence electrons. The van der Waals surface area contributed by atoms with Crippen LogP contribution in [0, 0.1) is 17.1 Å². The molecule has 1 N–H and O–H groups in total. The van der Waals surface area contributed by atoms with E-state index >= 15 is 0 Å². The van der Waals surface area contributed by atoms with E-state index in [2.05, 4.69) is 16.0 Å². The lowest BCUT2D eigenvalue weighted by Crippen LogP contribution is -2.08. The van der Waals surface area contributed by atoms with Crippen LogP contribution in [0.5, 0.6) is 0 Å². The van der Waals surface area contributed by atoms with E-state index in [1.165, 1.54) is 12.1 Å². The molecular weight excluding hydrogens is 265 g/mol. The smallest absolute Gasteiger partial charge is 0.128 e. The molecule has 21 heavy (non-hydrogen) atoms. The fourth-order valence-electron chi connectivity index (χ4n) is 2.96. The minimum absolute atomic E-state index is 0.0728. The Hall–Kier alpha value is -2.67. The standard InChI is InChI=1S/C17H12FN3/c18-12-7-5-11(6-8-12)13-9-17(13,10-19)16-20-14-3-1-2-4-15(14)21-16/h1-8,13H,9H2,(H,20,21)/t13-,17-/m1/s1. The molecule has 1 heterocycles. The van der Waals surface area contributed by atoms with Gasteiger partial charge in [0.15, 0.2) is 0 Å². The van der Waals surface area contributed by atoms with Gasteiger partial charge < -0.3 is 4.98 Å². The maximum Gasteiger partial charge on any atom is 0.128 e. The van der Waals surface area contributed by atoms with Gasteiger partial charge in [0, 0.05) is 5.92 Å². The Morgan fingerprint density at radius 1 is 1.19 bits per heavy atom. The number of aromatic nitrogens is 2. The SMILES string of the molecule is N#C[C@]1(c2nc3ccccc3[nH]2)C[C@@H]1c1ccc(F)cc1. The third kappa shape index (κ3) is 1.74. The monoisotopic (exact) mass is 277 g/mol. The second-order valence-electron chi connectivity index (χ2n) is 5.49. The molecule has 4 rings (SSSR count). The van der Waals surface area contributed by atoms with Crippen LogP contribution in [0.2, 0.25) is 0 Å². The maximum atomic E-state index is 13.0. The molecule has 1 aliphatic carbocycles. The van der Waals surface area contributed by atoms with Crippen molar-refractivity contribution in [3.05, 3.63) is 65.7 Å². The van der Waals surface area contributed by atoms with Gasteiger partial charge >= 0.3 is 0 Å². The van der Waals surface area contributed by atoms with Crippen molar-refractivity contribution in [3.8, 4) is 6.07 Å². The Balaban J connectivity index is 1.76. The van der Waals surface area contributed by atoms with Gasteiger partial charge in [-0.25, -0.2) is 9.37 Å². The summed E-state index contributed by atoms with van der Waals surface area (Å²) in [6.45, 7) is 0. The number of benzene rings is 2. The Bertz CT molecular complexity index is 827. The highest BCUT2D eigenvalue weighted by molar-refractivity contribution is 5.75. The van der Waals surface area contributed by atoms with Gasteiger partial charge in [0.2, 0.25) is 0 Å². The highest BCUT2D eigenvalue weighted by atomic mass is 19.1. The molecule has 1 aromatic heterocycles. The van der Waals surface area contributed by atoms with Crippen molar-refractivity contribution in [1.29, 1.82) is 5.26 Å². The Morgan fingerprint density at radius 3 is 2.67 bits per heavy atom. The number of para-hydroxylation sites is 2. The first-order chi connectivity index (χ1) is 10.2. The topological polar surface area (TPSA) is 52.5 Å². The summed E-state index contributed by atoms with van der Waals surface area (Å²) in [5, 5.41) is 9.64. The van der Waals surface area contributed by atoms with Crippen LogP contribution in [-0.4, -0.2) is 9.97 Å². The number of nitriles is 1. The van der Waals surface area contributed by atoms with Crippen molar-refractivity contribution in [2.75, 3.05) is 0 Å². The highest BCUT2D eigenvalue weighted by Gasteiger charge is 2.59. The van der Waals surface area contributed by atoms with Gasteiger partial charge in [0.1, 0.15) is 17.1 Å². The van der Waals surface area contributed by atoms with Crippen molar-refractivity contribution in [2.24, 2.45) is 0 Å². The lowest BCUT2D eigenvalue weighted by Gasteiger charge is -2.05. The third-order valence-corrected chi connectivity index (χ3v) is 4.24. The fraction of sp³-hybridized carbons (Fsp3) is 0.176. The number of rotatable bonds is 2. The van der Waals surface area contributed by atoms with Gasteiger partial charge in [-0.2, -0.15) is 5.26 Å². The fourth-order valence-corrected chi connectivity index (χ4v) is 2.96. The van der Waals surface area contributed by atoms with Gasteiger partial charge in [0.25, 0.3) is 0 Å². The first kappa shape index (κ1) is 12.1. The number of nitrogens with zero attached hydrogens (tertiary/aromatic N) is 2. The van der Waals surface area contributed by atoms with Crippen molar-refractivity contribution in [3.63, 3.8) is 0 Å². The molecule has 0 spiro atoms. The molecule has 3 nitrogen and oxygen atoms in total. The van der Waals surface area contributed by atoms with Gasteiger partial charge in [-0.3, -0.25) is 0 Å². The Kier molecular flexibility index (Phi) is 2.40. The number of halogens is 1. The summed E-state index contributed by atoms with van der Waals surface area (Å²) in [4.78, 5) is 7.81. The average Bonchev–Trinajstić information content (AvgIpc) is 3.10. The van der Waals surface area contributed by atoms with E-state index in [1.54, 1.807) is 12.1 Å². The van der Waals surface area contributed by atoms with Crippen LogP contribution in [0.1, 0.15) is 23.7 Å². The maximum absolute atomic E-state index is 13.0. The van der Waals surface area contributed by atoms with Crippen molar-refractivity contribution < 1.29 is 4.39 Å². The molecule has 0 saturated heterocycles. The van der Waals surface area contributed by atoms with Crippen molar-refractivity contribution >= 4 is 11.0 Å². The molecular formula is C17H12FN3. The molecule has 1 fully saturated rings. The van der Waals surface area contributed by atoms with Crippen LogP contribution in [-0.2, 0) is 5.41 Å². The number of H-pyrrole nitrogens is 1. The Morgan fingerprint density at radius 2 is 1.95 bits per heavy atom. The average molecular weight is 277 g/mol. The molecule has 0 aliphatic heterocycles. The van der Waals surface area contributed by atoms with Crippen molar-refractivity contribution in [2.45, 2.75) is 17.8 Å². The van der Waals surface area contributed by atoms with Crippen LogP contribution < -0.4 is 0 Å². The molecule has 2 aromatic carbocycles. The molecule has 0 amide bonds. The number of imidazole rings is 1.